The molecule has 31 heavy (non-hydrogen) atoms. The van der Waals surface area contributed by atoms with Gasteiger partial charge in [0.2, 0.25) is 0 Å². The summed E-state index contributed by atoms with van der Waals surface area (Å²) in [5.74, 6) is 0.643. The van der Waals surface area contributed by atoms with Gasteiger partial charge in [0, 0.05) is 17.1 Å². The molecule has 1 aromatic carbocycles. The van der Waals surface area contributed by atoms with Gasteiger partial charge in [-0.3, -0.25) is 4.79 Å². The van der Waals surface area contributed by atoms with E-state index in [1.54, 1.807) is 23.6 Å². The third-order valence-corrected chi connectivity index (χ3v) is 8.02. The van der Waals surface area contributed by atoms with Gasteiger partial charge < -0.3 is 15.2 Å². The number of rotatable bonds is 6. The molecule has 0 unspecified atom stereocenters. The number of hydrogen-bond donors (Lipinski definition) is 2. The number of phenols is 1. The largest absolute Gasteiger partial charge is 0.504 e. The van der Waals surface area contributed by atoms with Crippen LogP contribution in [0.5, 0.6) is 11.5 Å². The Hall–Kier alpha value is -1.61. The van der Waals surface area contributed by atoms with Gasteiger partial charge in [0.05, 0.1) is 15.7 Å². The van der Waals surface area contributed by atoms with Crippen LogP contribution < -0.4 is 10.1 Å². The fraction of sp³-hybridized carbons (Fsp3) is 0.500. The van der Waals surface area contributed by atoms with Crippen LogP contribution >= 0.6 is 33.9 Å². The maximum absolute atomic E-state index is 13.3. The number of halogens is 1. The highest BCUT2D eigenvalue weighted by atomic mass is 127. The Bertz CT molecular complexity index is 980. The molecule has 5 nitrogen and oxygen atoms in total. The first-order valence-corrected chi connectivity index (χ1v) is 13.1. The number of amides is 1. The maximum atomic E-state index is 13.3. The lowest BCUT2D eigenvalue weighted by Gasteiger charge is -2.23. The summed E-state index contributed by atoms with van der Waals surface area (Å²) in [6.45, 7) is 2.37. The normalized spacial score (nSPS) is 17.0. The van der Waals surface area contributed by atoms with E-state index in [0.29, 0.717) is 15.9 Å². The van der Waals surface area contributed by atoms with Crippen LogP contribution in [0.3, 0.4) is 0 Å². The van der Waals surface area contributed by atoms with Gasteiger partial charge in [-0.2, -0.15) is 0 Å². The maximum Gasteiger partial charge on any atom is 0.254 e. The van der Waals surface area contributed by atoms with Crippen molar-refractivity contribution in [3.63, 3.8) is 0 Å². The molecule has 4 rings (SSSR count). The Kier molecular flexibility index (Phi) is 7.53. The van der Waals surface area contributed by atoms with Crippen molar-refractivity contribution in [2.24, 2.45) is 4.99 Å². The van der Waals surface area contributed by atoms with Crippen LogP contribution in [0, 0.1) is 3.57 Å². The average molecular weight is 552 g/mol. The smallest absolute Gasteiger partial charge is 0.254 e. The van der Waals surface area contributed by atoms with Crippen LogP contribution in [0.15, 0.2) is 17.1 Å². The van der Waals surface area contributed by atoms with Gasteiger partial charge in [0.25, 0.3) is 5.91 Å². The number of phenolic OH excluding ortho intramolecular Hbond substituents is 1. The molecule has 0 radical (unpaired) electrons. The number of nitrogens with zero attached hydrogens (tertiary/aromatic N) is 1. The number of aliphatic imine (C=N–C) groups is 1. The molecule has 0 aliphatic heterocycles. The first-order valence-electron chi connectivity index (χ1n) is 11.2. The van der Waals surface area contributed by atoms with E-state index in [1.807, 2.05) is 13.0 Å². The Morgan fingerprint density at radius 1 is 1.26 bits per heavy atom. The van der Waals surface area contributed by atoms with Gasteiger partial charge in [0.1, 0.15) is 5.00 Å². The molecule has 0 spiro atoms. The lowest BCUT2D eigenvalue weighted by molar-refractivity contribution is 0.0927. The molecule has 0 atom stereocenters. The zero-order chi connectivity index (χ0) is 21.8. The fourth-order valence-corrected chi connectivity index (χ4v) is 6.30. The molecule has 7 heteroatoms. The number of benzene rings is 1. The van der Waals surface area contributed by atoms with Gasteiger partial charge in [-0.1, -0.05) is 19.3 Å². The van der Waals surface area contributed by atoms with E-state index in [2.05, 4.69) is 27.9 Å². The van der Waals surface area contributed by atoms with E-state index in [0.717, 1.165) is 48.2 Å². The summed E-state index contributed by atoms with van der Waals surface area (Å²) >= 11 is 3.75. The summed E-state index contributed by atoms with van der Waals surface area (Å²) in [4.78, 5) is 19.4. The molecule has 1 fully saturated rings. The van der Waals surface area contributed by atoms with Crippen molar-refractivity contribution in [1.29, 1.82) is 0 Å². The number of fused-ring (bicyclic) bond motifs is 1. The molecule has 1 aromatic heterocycles. The van der Waals surface area contributed by atoms with E-state index in [-0.39, 0.29) is 17.7 Å². The number of carbonyl (C=O) groups is 1. The van der Waals surface area contributed by atoms with Gasteiger partial charge in [0.15, 0.2) is 11.5 Å². The summed E-state index contributed by atoms with van der Waals surface area (Å²) in [5.41, 5.74) is 2.82. The first kappa shape index (κ1) is 22.6. The SMILES string of the molecule is CCOc1cc(C=Nc2sc3c(c2C(=O)NC2CCCCC2)CCCC3)cc(I)c1O. The molecule has 1 amide bonds. The standard InChI is InChI=1S/C24H29IN2O3S/c1-2-30-19-13-15(12-18(25)22(19)28)14-26-24-21(17-10-6-7-11-20(17)31-24)23(29)27-16-8-4-3-5-9-16/h12-14,16,28H,2-11H2,1H3,(H,27,29). The van der Waals surface area contributed by atoms with Crippen LogP contribution in [-0.2, 0) is 12.8 Å². The van der Waals surface area contributed by atoms with E-state index < -0.39 is 0 Å². The third-order valence-electron chi connectivity index (χ3n) is 6.00. The number of thiophene rings is 1. The second kappa shape index (κ2) is 10.3. The molecule has 2 N–H and O–H groups in total. The van der Waals surface area contributed by atoms with Gasteiger partial charge in [-0.05, 0) is 91.3 Å². The van der Waals surface area contributed by atoms with E-state index >= 15 is 0 Å². The topological polar surface area (TPSA) is 70.9 Å². The summed E-state index contributed by atoms with van der Waals surface area (Å²) in [6, 6.07) is 3.95. The number of aromatic hydroxyl groups is 1. The summed E-state index contributed by atoms with van der Waals surface area (Å²) in [6.07, 6.45) is 11.9. The molecular formula is C24H29IN2O3S. The second-order valence-electron chi connectivity index (χ2n) is 8.24. The molecule has 0 saturated heterocycles. The van der Waals surface area contributed by atoms with Gasteiger partial charge >= 0.3 is 0 Å². The minimum absolute atomic E-state index is 0.0359. The van der Waals surface area contributed by atoms with Crippen LogP contribution in [0.2, 0.25) is 0 Å². The molecule has 0 bridgehead atoms. The molecule has 2 aliphatic carbocycles. The Labute approximate surface area is 201 Å². The lowest BCUT2D eigenvalue weighted by atomic mass is 9.93. The number of ether oxygens (including phenoxy) is 1. The van der Waals surface area contributed by atoms with Crippen LogP contribution in [-0.4, -0.2) is 29.9 Å². The Morgan fingerprint density at radius 2 is 2.03 bits per heavy atom. The van der Waals surface area contributed by atoms with Crippen molar-refractivity contribution in [3.8, 4) is 11.5 Å². The molecule has 2 aliphatic rings. The zero-order valence-electron chi connectivity index (χ0n) is 17.9. The average Bonchev–Trinajstić information content (AvgIpc) is 3.15. The van der Waals surface area contributed by atoms with Gasteiger partial charge in [-0.15, -0.1) is 11.3 Å². The number of hydrogen-bond acceptors (Lipinski definition) is 5. The third kappa shape index (κ3) is 5.25. The Morgan fingerprint density at radius 3 is 2.81 bits per heavy atom. The second-order valence-corrected chi connectivity index (χ2v) is 10.5. The summed E-state index contributed by atoms with van der Waals surface area (Å²) < 4.78 is 6.26. The summed E-state index contributed by atoms with van der Waals surface area (Å²) in [5, 5.41) is 14.3. The molecule has 166 valence electrons. The van der Waals surface area contributed by atoms with Crippen LogP contribution in [0.4, 0.5) is 5.00 Å². The zero-order valence-corrected chi connectivity index (χ0v) is 20.9. The van der Waals surface area contributed by atoms with E-state index in [1.165, 1.54) is 36.1 Å². The van der Waals surface area contributed by atoms with Crippen molar-refractivity contribution in [2.75, 3.05) is 6.61 Å². The monoisotopic (exact) mass is 552 g/mol. The van der Waals surface area contributed by atoms with E-state index in [4.69, 9.17) is 9.73 Å². The van der Waals surface area contributed by atoms with Crippen molar-refractivity contribution in [3.05, 3.63) is 37.3 Å². The van der Waals surface area contributed by atoms with E-state index in [9.17, 15) is 9.90 Å². The first-order chi connectivity index (χ1) is 15.1. The van der Waals surface area contributed by atoms with Crippen molar-refractivity contribution >= 4 is 51.1 Å². The molecular weight excluding hydrogens is 523 g/mol. The van der Waals surface area contributed by atoms with Crippen molar-refractivity contribution in [1.82, 2.24) is 5.32 Å². The minimum atomic E-state index is 0.0359. The highest BCUT2D eigenvalue weighted by Gasteiger charge is 2.27. The number of carbonyl (C=O) groups excluding carboxylic acids is 1. The molecule has 1 heterocycles. The van der Waals surface area contributed by atoms with Crippen LogP contribution in [0.1, 0.15) is 78.2 Å². The highest BCUT2D eigenvalue weighted by molar-refractivity contribution is 14.1. The minimum Gasteiger partial charge on any atom is -0.504 e. The Balaban J connectivity index is 1.63. The van der Waals surface area contributed by atoms with Crippen molar-refractivity contribution in [2.45, 2.75) is 70.8 Å². The highest BCUT2D eigenvalue weighted by Crippen LogP contribution is 2.40. The number of nitrogens with one attached hydrogen (secondary N) is 1. The molecule has 2 aromatic rings. The summed E-state index contributed by atoms with van der Waals surface area (Å²) in [7, 11) is 0. The lowest BCUT2D eigenvalue weighted by Crippen LogP contribution is -2.36. The quantitative estimate of drug-likeness (QED) is 0.334. The number of aryl methyl sites for hydroxylation is 1. The van der Waals surface area contributed by atoms with Crippen LogP contribution in [0.25, 0.3) is 0 Å². The fourth-order valence-electron chi connectivity index (χ4n) is 4.45. The predicted molar refractivity (Wildman–Crippen MR) is 135 cm³/mol. The predicted octanol–water partition coefficient (Wildman–Crippen LogP) is 6.15. The van der Waals surface area contributed by atoms with Crippen molar-refractivity contribution < 1.29 is 14.6 Å². The van der Waals surface area contributed by atoms with Gasteiger partial charge in [-0.25, -0.2) is 4.99 Å². The molecule has 1 saturated carbocycles.